The summed E-state index contributed by atoms with van der Waals surface area (Å²) < 4.78 is 44.3. The Kier molecular flexibility index (Phi) is 4.73. The maximum atomic E-state index is 12.6. The number of rotatable bonds is 4. The lowest BCUT2D eigenvalue weighted by Crippen LogP contribution is -2.16. The van der Waals surface area contributed by atoms with Crippen LogP contribution >= 0.6 is 11.6 Å². The summed E-state index contributed by atoms with van der Waals surface area (Å²) in [5.41, 5.74) is -0.0797. The Hall–Kier alpha value is -2.81. The summed E-state index contributed by atoms with van der Waals surface area (Å²) in [6.07, 6.45) is -1.41. The summed E-state index contributed by atoms with van der Waals surface area (Å²) in [4.78, 5) is 12.4. The fourth-order valence-corrected chi connectivity index (χ4v) is 2.43. The van der Waals surface area contributed by atoms with E-state index in [4.69, 9.17) is 16.1 Å². The number of nitrogens with one attached hydrogen (secondary N) is 1. The molecule has 0 saturated heterocycles. The third-order valence-corrected chi connectivity index (χ3v) is 3.79. The molecule has 0 unspecified atom stereocenters. The van der Waals surface area contributed by atoms with Crippen LogP contribution in [0.4, 0.5) is 18.9 Å². The molecule has 0 aliphatic rings. The van der Waals surface area contributed by atoms with Crippen LogP contribution in [-0.2, 0) is 12.7 Å². The smallest absolute Gasteiger partial charge is 0.361 e. The van der Waals surface area contributed by atoms with E-state index in [2.05, 4.69) is 15.6 Å². The van der Waals surface area contributed by atoms with Crippen molar-refractivity contribution in [1.29, 1.82) is 0 Å². The third-order valence-electron chi connectivity index (χ3n) is 3.59. The van der Waals surface area contributed by atoms with Crippen LogP contribution in [0, 0.1) is 6.92 Å². The first kappa shape index (κ1) is 18.0. The van der Waals surface area contributed by atoms with E-state index in [1.807, 2.05) is 0 Å². The van der Waals surface area contributed by atoms with Crippen LogP contribution in [0.25, 0.3) is 0 Å². The topological polar surface area (TPSA) is 73.0 Å². The van der Waals surface area contributed by atoms with E-state index >= 15 is 0 Å². The van der Waals surface area contributed by atoms with Gasteiger partial charge in [0.1, 0.15) is 5.76 Å². The van der Waals surface area contributed by atoms with Gasteiger partial charge in [-0.1, -0.05) is 16.8 Å². The molecule has 0 radical (unpaired) electrons. The summed E-state index contributed by atoms with van der Waals surface area (Å²) in [5.74, 6) is -0.177. The van der Waals surface area contributed by atoms with Crippen LogP contribution in [0.1, 0.15) is 27.4 Å². The zero-order valence-corrected chi connectivity index (χ0v) is 14.1. The zero-order chi connectivity index (χ0) is 18.9. The van der Waals surface area contributed by atoms with Crippen molar-refractivity contribution in [3.05, 3.63) is 64.3 Å². The summed E-state index contributed by atoms with van der Waals surface area (Å²) in [6.45, 7) is 1.85. The molecule has 0 aliphatic heterocycles. The van der Waals surface area contributed by atoms with E-state index in [0.717, 1.165) is 12.1 Å². The Morgan fingerprint density at radius 3 is 2.58 bits per heavy atom. The number of anilines is 1. The number of carbonyl (C=O) groups excluding carboxylic acids is 1. The number of alkyl halides is 3. The predicted molar refractivity (Wildman–Crippen MR) is 87.0 cm³/mol. The van der Waals surface area contributed by atoms with E-state index in [1.165, 1.54) is 23.0 Å². The molecule has 3 rings (SSSR count). The molecule has 2 heterocycles. The van der Waals surface area contributed by atoms with Crippen LogP contribution in [0.3, 0.4) is 0 Å². The number of aromatic nitrogens is 3. The molecule has 26 heavy (non-hydrogen) atoms. The average molecular weight is 385 g/mol. The van der Waals surface area contributed by atoms with E-state index in [0.29, 0.717) is 16.3 Å². The quantitative estimate of drug-likeness (QED) is 0.733. The molecule has 0 spiro atoms. The molecule has 136 valence electrons. The fourth-order valence-electron chi connectivity index (χ4n) is 2.28. The van der Waals surface area contributed by atoms with Gasteiger partial charge >= 0.3 is 6.18 Å². The highest BCUT2D eigenvalue weighted by atomic mass is 35.5. The predicted octanol–water partition coefficient (Wildman–Crippen LogP) is 4.15. The Labute approximate surface area is 150 Å². The van der Waals surface area contributed by atoms with E-state index < -0.39 is 17.6 Å². The minimum absolute atomic E-state index is 0.0222. The van der Waals surface area contributed by atoms with E-state index in [-0.39, 0.29) is 17.9 Å². The van der Waals surface area contributed by atoms with Crippen LogP contribution in [0.2, 0.25) is 5.02 Å². The molecule has 6 nitrogen and oxygen atoms in total. The second-order valence-electron chi connectivity index (χ2n) is 5.45. The Balaban J connectivity index is 1.78. The van der Waals surface area contributed by atoms with Crippen molar-refractivity contribution < 1.29 is 22.5 Å². The van der Waals surface area contributed by atoms with Gasteiger partial charge in [0, 0.05) is 17.4 Å². The molecule has 0 bridgehead atoms. The van der Waals surface area contributed by atoms with Gasteiger partial charge in [-0.05, 0) is 31.2 Å². The number of nitrogens with zero attached hydrogens (tertiary/aromatic N) is 3. The highest BCUT2D eigenvalue weighted by Crippen LogP contribution is 2.30. The highest BCUT2D eigenvalue weighted by Gasteiger charge is 2.30. The van der Waals surface area contributed by atoms with Gasteiger partial charge in [0.15, 0.2) is 5.69 Å². The van der Waals surface area contributed by atoms with Gasteiger partial charge in [-0.2, -0.15) is 18.3 Å². The van der Waals surface area contributed by atoms with Crippen LogP contribution in [-0.4, -0.2) is 20.8 Å². The highest BCUT2D eigenvalue weighted by molar-refractivity contribution is 6.30. The first-order valence-corrected chi connectivity index (χ1v) is 7.73. The largest absolute Gasteiger partial charge is 0.416 e. The molecule has 1 aromatic carbocycles. The van der Waals surface area contributed by atoms with Crippen LogP contribution < -0.4 is 5.32 Å². The Morgan fingerprint density at radius 1 is 1.31 bits per heavy atom. The van der Waals surface area contributed by atoms with Crippen molar-refractivity contribution in [1.82, 2.24) is 14.9 Å². The fraction of sp³-hybridized carbons (Fsp3) is 0.188. The number of hydrogen-bond donors (Lipinski definition) is 1. The van der Waals surface area contributed by atoms with Crippen molar-refractivity contribution in [3.63, 3.8) is 0 Å². The molecule has 1 amide bonds. The molecule has 10 heteroatoms. The minimum Gasteiger partial charge on any atom is -0.361 e. The van der Waals surface area contributed by atoms with Gasteiger partial charge in [0.2, 0.25) is 0 Å². The van der Waals surface area contributed by atoms with Crippen molar-refractivity contribution in [3.8, 4) is 0 Å². The molecule has 2 aromatic heterocycles. The summed E-state index contributed by atoms with van der Waals surface area (Å²) in [7, 11) is 0. The number of aryl methyl sites for hydroxylation is 1. The first-order chi connectivity index (χ1) is 12.2. The second kappa shape index (κ2) is 6.83. The van der Waals surface area contributed by atoms with E-state index in [1.54, 1.807) is 13.1 Å². The van der Waals surface area contributed by atoms with Gasteiger partial charge in [0.05, 0.1) is 23.3 Å². The molecule has 0 atom stereocenters. The maximum absolute atomic E-state index is 12.6. The number of halogens is 4. The van der Waals surface area contributed by atoms with Gasteiger partial charge in [-0.15, -0.1) is 0 Å². The van der Waals surface area contributed by atoms with Crippen molar-refractivity contribution in [2.45, 2.75) is 19.6 Å². The first-order valence-electron chi connectivity index (χ1n) is 7.36. The lowest BCUT2D eigenvalue weighted by atomic mass is 10.1. The number of carbonyl (C=O) groups is 1. The summed E-state index contributed by atoms with van der Waals surface area (Å²) in [6, 6.07) is 4.11. The lowest BCUT2D eigenvalue weighted by Gasteiger charge is -2.08. The normalized spacial score (nSPS) is 11.6. The van der Waals surface area contributed by atoms with Gasteiger partial charge < -0.3 is 9.84 Å². The molecular weight excluding hydrogens is 373 g/mol. The molecule has 0 fully saturated rings. The molecule has 3 aromatic rings. The lowest BCUT2D eigenvalue weighted by molar-refractivity contribution is -0.137. The van der Waals surface area contributed by atoms with Crippen molar-refractivity contribution >= 4 is 23.2 Å². The van der Waals surface area contributed by atoms with Crippen molar-refractivity contribution in [2.24, 2.45) is 0 Å². The number of hydrogen-bond acceptors (Lipinski definition) is 4. The molecule has 0 aliphatic carbocycles. The summed E-state index contributed by atoms with van der Waals surface area (Å²) >= 11 is 5.81. The molecule has 0 saturated carbocycles. The monoisotopic (exact) mass is 384 g/mol. The maximum Gasteiger partial charge on any atom is 0.416 e. The average Bonchev–Trinajstić information content (AvgIpc) is 3.14. The minimum atomic E-state index is -4.44. The standard InChI is InChI=1S/C16H12ClF3N4O2/c1-9-13(8-24-7-11(17)6-21-24)14(23-26-9)15(25)22-12-4-2-10(3-5-12)16(18,19)20/h2-7H,8H2,1H3,(H,22,25). The zero-order valence-electron chi connectivity index (χ0n) is 13.3. The van der Waals surface area contributed by atoms with Gasteiger partial charge in [0.25, 0.3) is 5.91 Å². The Morgan fingerprint density at radius 2 is 2.00 bits per heavy atom. The van der Waals surface area contributed by atoms with Crippen LogP contribution in [0.15, 0.2) is 41.2 Å². The van der Waals surface area contributed by atoms with Crippen LogP contribution in [0.5, 0.6) is 0 Å². The number of amides is 1. The number of benzene rings is 1. The second-order valence-corrected chi connectivity index (χ2v) is 5.89. The Bertz CT molecular complexity index is 932. The van der Waals surface area contributed by atoms with Gasteiger partial charge in [-0.25, -0.2) is 0 Å². The molecular formula is C16H12ClF3N4O2. The summed E-state index contributed by atoms with van der Waals surface area (Å²) in [5, 5.41) is 10.7. The van der Waals surface area contributed by atoms with Crippen molar-refractivity contribution in [2.75, 3.05) is 5.32 Å². The third kappa shape index (κ3) is 3.88. The van der Waals surface area contributed by atoms with E-state index in [9.17, 15) is 18.0 Å². The SMILES string of the molecule is Cc1onc(C(=O)Nc2ccc(C(F)(F)F)cc2)c1Cn1cc(Cl)cn1. The molecule has 1 N–H and O–H groups in total. The van der Waals surface area contributed by atoms with Gasteiger partial charge in [-0.3, -0.25) is 9.48 Å².